The van der Waals surface area contributed by atoms with Gasteiger partial charge in [0.25, 0.3) is 11.8 Å². The van der Waals surface area contributed by atoms with Crippen LogP contribution < -0.4 is 10.2 Å². The van der Waals surface area contributed by atoms with Gasteiger partial charge in [-0.1, -0.05) is 6.07 Å². The zero-order valence-electron chi connectivity index (χ0n) is 20.7. The summed E-state index contributed by atoms with van der Waals surface area (Å²) < 4.78 is 13.8. The minimum absolute atomic E-state index is 0.101. The van der Waals surface area contributed by atoms with Crippen LogP contribution in [-0.2, 0) is 0 Å². The van der Waals surface area contributed by atoms with Crippen LogP contribution in [0.15, 0.2) is 42.5 Å². The summed E-state index contributed by atoms with van der Waals surface area (Å²) in [6.45, 7) is 7.42. The van der Waals surface area contributed by atoms with E-state index in [4.69, 9.17) is 0 Å². The SMILES string of the molecule is Cc1ccc(C(=O)NC2CCC3(CC2)CN(C(=O)c2ccc(N4CCN(C)CC4)cc2)C3)cc1F. The minimum Gasteiger partial charge on any atom is -0.369 e. The van der Waals surface area contributed by atoms with E-state index < -0.39 is 0 Å². The Kier molecular flexibility index (Phi) is 6.53. The second kappa shape index (κ2) is 9.61. The zero-order valence-corrected chi connectivity index (χ0v) is 20.7. The van der Waals surface area contributed by atoms with E-state index in [1.807, 2.05) is 17.0 Å². The van der Waals surface area contributed by atoms with E-state index >= 15 is 0 Å². The monoisotopic (exact) mass is 478 g/mol. The molecule has 1 saturated carbocycles. The molecule has 1 aliphatic carbocycles. The van der Waals surface area contributed by atoms with Crippen molar-refractivity contribution in [2.24, 2.45) is 5.41 Å². The molecule has 186 valence electrons. The topological polar surface area (TPSA) is 55.9 Å². The number of nitrogens with zero attached hydrogens (tertiary/aromatic N) is 3. The third-order valence-corrected chi connectivity index (χ3v) is 8.14. The third kappa shape index (κ3) is 5.06. The van der Waals surface area contributed by atoms with Gasteiger partial charge < -0.3 is 20.0 Å². The summed E-state index contributed by atoms with van der Waals surface area (Å²) in [6.07, 6.45) is 3.77. The second-order valence-corrected chi connectivity index (χ2v) is 10.7. The first-order chi connectivity index (χ1) is 16.8. The van der Waals surface area contributed by atoms with E-state index in [1.54, 1.807) is 19.1 Å². The van der Waals surface area contributed by atoms with E-state index in [0.717, 1.165) is 70.5 Å². The highest BCUT2D eigenvalue weighted by Gasteiger charge is 2.47. The maximum atomic E-state index is 13.8. The van der Waals surface area contributed by atoms with E-state index in [9.17, 15) is 14.0 Å². The van der Waals surface area contributed by atoms with Gasteiger partial charge in [-0.15, -0.1) is 0 Å². The molecule has 0 aromatic heterocycles. The van der Waals surface area contributed by atoms with Gasteiger partial charge in [-0.3, -0.25) is 9.59 Å². The van der Waals surface area contributed by atoms with Crippen LogP contribution in [0.2, 0.25) is 0 Å². The van der Waals surface area contributed by atoms with Crippen LogP contribution in [0.5, 0.6) is 0 Å². The molecule has 7 heteroatoms. The van der Waals surface area contributed by atoms with Gasteiger partial charge in [0, 0.05) is 67.5 Å². The molecule has 0 radical (unpaired) electrons. The fraction of sp³-hybridized carbons (Fsp3) is 0.500. The standard InChI is InChI=1S/C28H35FN4O2/c1-20-3-4-22(17-25(20)29)26(34)30-23-9-11-28(12-10-23)18-33(19-28)27(35)21-5-7-24(8-6-21)32-15-13-31(2)14-16-32/h3-8,17,23H,9-16,18-19H2,1-2H3,(H,30,34). The van der Waals surface area contributed by atoms with Gasteiger partial charge in [0.2, 0.25) is 0 Å². The molecule has 3 aliphatic rings. The molecule has 2 amide bonds. The minimum atomic E-state index is -0.353. The molecule has 0 unspecified atom stereocenters. The predicted octanol–water partition coefficient (Wildman–Crippen LogP) is 3.70. The summed E-state index contributed by atoms with van der Waals surface area (Å²) in [4.78, 5) is 32.2. The number of benzene rings is 2. The predicted molar refractivity (Wildman–Crippen MR) is 135 cm³/mol. The van der Waals surface area contributed by atoms with E-state index in [0.29, 0.717) is 11.1 Å². The van der Waals surface area contributed by atoms with Crippen LogP contribution in [0, 0.1) is 18.2 Å². The van der Waals surface area contributed by atoms with Crippen molar-refractivity contribution >= 4 is 17.5 Å². The lowest BCUT2D eigenvalue weighted by Crippen LogP contribution is -2.60. The second-order valence-electron chi connectivity index (χ2n) is 10.7. The van der Waals surface area contributed by atoms with Crippen LogP contribution in [0.4, 0.5) is 10.1 Å². The highest BCUT2D eigenvalue weighted by atomic mass is 19.1. The van der Waals surface area contributed by atoms with E-state index in [-0.39, 0.29) is 29.1 Å². The number of hydrogen-bond donors (Lipinski definition) is 1. The van der Waals surface area contributed by atoms with Crippen molar-refractivity contribution in [3.05, 3.63) is 65.0 Å². The Morgan fingerprint density at radius 2 is 1.57 bits per heavy atom. The molecule has 2 aromatic carbocycles. The average molecular weight is 479 g/mol. The molecular weight excluding hydrogens is 443 g/mol. The van der Waals surface area contributed by atoms with Crippen LogP contribution >= 0.6 is 0 Å². The summed E-state index contributed by atoms with van der Waals surface area (Å²) in [5, 5.41) is 3.07. The lowest BCUT2D eigenvalue weighted by Gasteiger charge is -2.53. The number of piperazine rings is 1. The van der Waals surface area contributed by atoms with Gasteiger partial charge in [0.05, 0.1) is 0 Å². The maximum Gasteiger partial charge on any atom is 0.253 e. The van der Waals surface area contributed by atoms with Gasteiger partial charge in [0.1, 0.15) is 5.82 Å². The number of hydrogen-bond acceptors (Lipinski definition) is 4. The largest absolute Gasteiger partial charge is 0.369 e. The van der Waals surface area contributed by atoms with E-state index in [1.165, 1.54) is 11.8 Å². The Bertz CT molecular complexity index is 1080. The van der Waals surface area contributed by atoms with Crippen molar-refractivity contribution in [3.63, 3.8) is 0 Å². The van der Waals surface area contributed by atoms with E-state index in [2.05, 4.69) is 34.3 Å². The van der Waals surface area contributed by atoms with Gasteiger partial charge in [-0.25, -0.2) is 4.39 Å². The quantitative estimate of drug-likeness (QED) is 0.728. The lowest BCUT2D eigenvalue weighted by molar-refractivity contribution is -0.0198. The summed E-state index contributed by atoms with van der Waals surface area (Å²) in [6, 6.07) is 12.8. The molecule has 1 N–H and O–H groups in total. The number of rotatable bonds is 4. The summed E-state index contributed by atoms with van der Waals surface area (Å²) in [5.74, 6) is -0.457. The highest BCUT2D eigenvalue weighted by Crippen LogP contribution is 2.44. The number of aryl methyl sites for hydroxylation is 1. The number of nitrogens with one attached hydrogen (secondary N) is 1. The number of amides is 2. The highest BCUT2D eigenvalue weighted by molar-refractivity contribution is 5.95. The van der Waals surface area contributed by atoms with Crippen LogP contribution in [0.1, 0.15) is 52.0 Å². The van der Waals surface area contributed by atoms with Crippen molar-refractivity contribution < 1.29 is 14.0 Å². The third-order valence-electron chi connectivity index (χ3n) is 8.14. The molecule has 0 bridgehead atoms. The molecule has 2 aliphatic heterocycles. The van der Waals surface area contributed by atoms with Gasteiger partial charge in [-0.2, -0.15) is 0 Å². The first-order valence-electron chi connectivity index (χ1n) is 12.7. The van der Waals surface area contributed by atoms with Crippen molar-refractivity contribution in [1.29, 1.82) is 0 Å². The molecule has 2 aromatic rings. The number of likely N-dealkylation sites (N-methyl/N-ethyl adjacent to an activating group) is 1. The number of halogens is 1. The van der Waals surface area contributed by atoms with Crippen molar-refractivity contribution in [3.8, 4) is 0 Å². The number of carbonyl (C=O) groups excluding carboxylic acids is 2. The molecule has 6 nitrogen and oxygen atoms in total. The Balaban J connectivity index is 1.09. The van der Waals surface area contributed by atoms with Gasteiger partial charge >= 0.3 is 0 Å². The van der Waals surface area contributed by atoms with Crippen LogP contribution in [0.3, 0.4) is 0 Å². The number of anilines is 1. The zero-order chi connectivity index (χ0) is 24.6. The molecular formula is C28H35FN4O2. The normalized spacial score (nSPS) is 20.5. The van der Waals surface area contributed by atoms with Crippen molar-refractivity contribution in [2.75, 3.05) is 51.2 Å². The fourth-order valence-corrected chi connectivity index (χ4v) is 5.66. The molecule has 0 atom stereocenters. The van der Waals surface area contributed by atoms with Gasteiger partial charge in [-0.05, 0) is 81.6 Å². The molecule has 35 heavy (non-hydrogen) atoms. The van der Waals surface area contributed by atoms with Crippen molar-refractivity contribution in [1.82, 2.24) is 15.1 Å². The smallest absolute Gasteiger partial charge is 0.253 e. The Morgan fingerprint density at radius 3 is 2.20 bits per heavy atom. The molecule has 1 spiro atoms. The summed E-state index contributed by atoms with van der Waals surface area (Å²) >= 11 is 0. The maximum absolute atomic E-state index is 13.8. The number of carbonyl (C=O) groups is 2. The van der Waals surface area contributed by atoms with Gasteiger partial charge in [0.15, 0.2) is 0 Å². The summed E-state index contributed by atoms with van der Waals surface area (Å²) in [5.41, 5.74) is 3.02. The molecule has 2 heterocycles. The Labute approximate surface area is 207 Å². The Morgan fingerprint density at radius 1 is 0.943 bits per heavy atom. The van der Waals surface area contributed by atoms with Crippen LogP contribution in [-0.4, -0.2) is 74.0 Å². The fourth-order valence-electron chi connectivity index (χ4n) is 5.66. The van der Waals surface area contributed by atoms with Crippen LogP contribution in [0.25, 0.3) is 0 Å². The number of likely N-dealkylation sites (tertiary alicyclic amines) is 1. The Hall–Kier alpha value is -2.93. The first kappa shape index (κ1) is 23.8. The summed E-state index contributed by atoms with van der Waals surface area (Å²) in [7, 11) is 2.15. The first-order valence-corrected chi connectivity index (χ1v) is 12.7. The van der Waals surface area contributed by atoms with Crippen molar-refractivity contribution in [2.45, 2.75) is 38.6 Å². The lowest BCUT2D eigenvalue weighted by atomic mass is 9.67. The average Bonchev–Trinajstić information content (AvgIpc) is 2.85. The molecule has 2 saturated heterocycles. The molecule has 5 rings (SSSR count). The molecule has 3 fully saturated rings.